The highest BCUT2D eigenvalue weighted by atomic mass is 16.3. The molecule has 2 amide bonds. The summed E-state index contributed by atoms with van der Waals surface area (Å²) in [5.74, 6) is 1.33. The van der Waals surface area contributed by atoms with E-state index >= 15 is 0 Å². The van der Waals surface area contributed by atoms with Crippen molar-refractivity contribution in [2.75, 3.05) is 32.7 Å². The Labute approximate surface area is 172 Å². The highest BCUT2D eigenvalue weighted by Crippen LogP contribution is 2.26. The van der Waals surface area contributed by atoms with E-state index in [0.717, 1.165) is 44.9 Å². The SMILES string of the molecule is CCNC(=NCCNC(=O)c1ccco1)NC1CCN(C(=O)C2CCCCC2)C1. The smallest absolute Gasteiger partial charge is 0.287 e. The van der Waals surface area contributed by atoms with Crippen molar-refractivity contribution >= 4 is 17.8 Å². The van der Waals surface area contributed by atoms with Crippen molar-refractivity contribution in [1.82, 2.24) is 20.9 Å². The molecule has 1 aliphatic heterocycles. The molecule has 3 N–H and O–H groups in total. The van der Waals surface area contributed by atoms with E-state index in [2.05, 4.69) is 20.9 Å². The van der Waals surface area contributed by atoms with Crippen LogP contribution in [0.15, 0.2) is 27.8 Å². The molecule has 1 atom stereocenters. The van der Waals surface area contributed by atoms with Gasteiger partial charge in [0.2, 0.25) is 5.91 Å². The number of likely N-dealkylation sites (tertiary alicyclic amines) is 1. The molecule has 8 nitrogen and oxygen atoms in total. The van der Waals surface area contributed by atoms with Gasteiger partial charge in [-0.05, 0) is 38.3 Å². The Bertz CT molecular complexity index is 682. The number of nitrogens with one attached hydrogen (secondary N) is 3. The summed E-state index contributed by atoms with van der Waals surface area (Å²) in [5, 5.41) is 9.46. The molecular formula is C21H33N5O3. The Morgan fingerprint density at radius 3 is 2.76 bits per heavy atom. The molecule has 1 aromatic rings. The lowest BCUT2D eigenvalue weighted by atomic mass is 9.88. The number of amides is 2. The van der Waals surface area contributed by atoms with Gasteiger partial charge in [0.15, 0.2) is 11.7 Å². The van der Waals surface area contributed by atoms with Crippen molar-refractivity contribution in [3.8, 4) is 0 Å². The first-order chi connectivity index (χ1) is 14.2. The van der Waals surface area contributed by atoms with Gasteiger partial charge >= 0.3 is 0 Å². The number of hydrogen-bond donors (Lipinski definition) is 3. The van der Waals surface area contributed by atoms with Crippen LogP contribution in [0, 0.1) is 5.92 Å². The van der Waals surface area contributed by atoms with Crippen LogP contribution in [0.4, 0.5) is 0 Å². The largest absolute Gasteiger partial charge is 0.459 e. The predicted octanol–water partition coefficient (Wildman–Crippen LogP) is 1.75. The van der Waals surface area contributed by atoms with E-state index in [4.69, 9.17) is 4.42 Å². The first-order valence-corrected chi connectivity index (χ1v) is 10.8. The monoisotopic (exact) mass is 403 g/mol. The summed E-state index contributed by atoms with van der Waals surface area (Å²) in [4.78, 5) is 31.1. The number of carbonyl (C=O) groups excluding carboxylic acids is 2. The zero-order valence-corrected chi connectivity index (χ0v) is 17.3. The van der Waals surface area contributed by atoms with E-state index in [1.165, 1.54) is 25.5 Å². The molecule has 1 saturated heterocycles. The number of hydrogen-bond acceptors (Lipinski definition) is 4. The highest BCUT2D eigenvalue weighted by Gasteiger charge is 2.31. The van der Waals surface area contributed by atoms with E-state index < -0.39 is 0 Å². The second-order valence-corrected chi connectivity index (χ2v) is 7.74. The van der Waals surface area contributed by atoms with Crippen LogP contribution in [0.2, 0.25) is 0 Å². The molecule has 8 heteroatoms. The molecular weight excluding hydrogens is 370 g/mol. The van der Waals surface area contributed by atoms with Crippen molar-refractivity contribution < 1.29 is 14.0 Å². The predicted molar refractivity (Wildman–Crippen MR) is 112 cm³/mol. The minimum atomic E-state index is -0.240. The van der Waals surface area contributed by atoms with Crippen LogP contribution in [0.1, 0.15) is 56.0 Å². The lowest BCUT2D eigenvalue weighted by Crippen LogP contribution is -2.46. The zero-order chi connectivity index (χ0) is 20.5. The average molecular weight is 404 g/mol. The normalized spacial score (nSPS) is 20.5. The van der Waals surface area contributed by atoms with Crippen molar-refractivity contribution in [2.24, 2.45) is 10.9 Å². The van der Waals surface area contributed by atoms with Gasteiger partial charge in [0, 0.05) is 38.1 Å². The minimum Gasteiger partial charge on any atom is -0.459 e. The van der Waals surface area contributed by atoms with Gasteiger partial charge in [-0.2, -0.15) is 0 Å². The maximum absolute atomic E-state index is 12.7. The summed E-state index contributed by atoms with van der Waals surface area (Å²) in [6.45, 7) is 5.19. The Kier molecular flexibility index (Phi) is 7.95. The molecule has 1 aromatic heterocycles. The van der Waals surface area contributed by atoms with Gasteiger partial charge in [-0.15, -0.1) is 0 Å². The maximum Gasteiger partial charge on any atom is 0.287 e. The number of aliphatic imine (C=N–C) groups is 1. The van der Waals surface area contributed by atoms with Crippen LogP contribution in [-0.2, 0) is 4.79 Å². The van der Waals surface area contributed by atoms with Gasteiger partial charge in [0.25, 0.3) is 5.91 Å². The van der Waals surface area contributed by atoms with E-state index in [0.29, 0.717) is 24.8 Å². The van der Waals surface area contributed by atoms with Crippen LogP contribution < -0.4 is 16.0 Å². The van der Waals surface area contributed by atoms with Crippen LogP contribution in [-0.4, -0.2) is 61.4 Å². The molecule has 3 rings (SSSR count). The van der Waals surface area contributed by atoms with E-state index in [1.54, 1.807) is 12.1 Å². The third-order valence-electron chi connectivity index (χ3n) is 5.55. The van der Waals surface area contributed by atoms with Crippen LogP contribution in [0.3, 0.4) is 0 Å². The van der Waals surface area contributed by atoms with Crippen molar-refractivity contribution in [2.45, 2.75) is 51.5 Å². The summed E-state index contributed by atoms with van der Waals surface area (Å²) in [5.41, 5.74) is 0. The lowest BCUT2D eigenvalue weighted by molar-refractivity contribution is -0.135. The molecule has 2 heterocycles. The summed E-state index contributed by atoms with van der Waals surface area (Å²) < 4.78 is 5.07. The van der Waals surface area contributed by atoms with Crippen molar-refractivity contribution in [1.29, 1.82) is 0 Å². The Hall–Kier alpha value is -2.51. The average Bonchev–Trinajstić information content (AvgIpc) is 3.43. The fourth-order valence-corrected chi connectivity index (χ4v) is 4.03. The quantitative estimate of drug-likeness (QED) is 0.366. The molecule has 0 bridgehead atoms. The lowest BCUT2D eigenvalue weighted by Gasteiger charge is -2.26. The molecule has 2 fully saturated rings. The molecule has 2 aliphatic rings. The Morgan fingerprint density at radius 2 is 2.03 bits per heavy atom. The first kappa shape index (κ1) is 21.2. The number of nitrogens with zero attached hydrogens (tertiary/aromatic N) is 2. The van der Waals surface area contributed by atoms with Crippen molar-refractivity contribution in [3.05, 3.63) is 24.2 Å². The fraction of sp³-hybridized carbons (Fsp3) is 0.667. The van der Waals surface area contributed by atoms with Crippen LogP contribution >= 0.6 is 0 Å². The highest BCUT2D eigenvalue weighted by molar-refractivity contribution is 5.91. The fourth-order valence-electron chi connectivity index (χ4n) is 4.03. The minimum absolute atomic E-state index is 0.207. The van der Waals surface area contributed by atoms with Gasteiger partial charge in [0.05, 0.1) is 12.8 Å². The molecule has 1 saturated carbocycles. The van der Waals surface area contributed by atoms with Gasteiger partial charge in [-0.1, -0.05) is 19.3 Å². The van der Waals surface area contributed by atoms with Gasteiger partial charge < -0.3 is 25.3 Å². The molecule has 160 valence electrons. The third kappa shape index (κ3) is 6.24. The third-order valence-corrected chi connectivity index (χ3v) is 5.55. The molecule has 1 aliphatic carbocycles. The van der Waals surface area contributed by atoms with E-state index in [9.17, 15) is 9.59 Å². The Morgan fingerprint density at radius 1 is 1.21 bits per heavy atom. The van der Waals surface area contributed by atoms with Gasteiger partial charge in [-0.3, -0.25) is 14.6 Å². The first-order valence-electron chi connectivity index (χ1n) is 10.8. The summed E-state index contributed by atoms with van der Waals surface area (Å²) in [7, 11) is 0. The topological polar surface area (TPSA) is 99.0 Å². The molecule has 0 radical (unpaired) electrons. The number of carbonyl (C=O) groups is 2. The second-order valence-electron chi connectivity index (χ2n) is 7.74. The van der Waals surface area contributed by atoms with E-state index in [1.807, 2.05) is 11.8 Å². The summed E-state index contributed by atoms with van der Waals surface area (Å²) in [6, 6.07) is 3.52. The zero-order valence-electron chi connectivity index (χ0n) is 17.3. The number of guanidine groups is 1. The molecule has 1 unspecified atom stereocenters. The van der Waals surface area contributed by atoms with Gasteiger partial charge in [0.1, 0.15) is 0 Å². The summed E-state index contributed by atoms with van der Waals surface area (Å²) in [6.07, 6.45) is 8.11. The van der Waals surface area contributed by atoms with Gasteiger partial charge in [-0.25, -0.2) is 0 Å². The van der Waals surface area contributed by atoms with Crippen LogP contribution in [0.25, 0.3) is 0 Å². The number of rotatable bonds is 7. The standard InChI is InChI=1S/C21H33N5O3/c1-2-22-21(24-12-11-23-19(27)18-9-6-14-29-18)25-17-10-13-26(15-17)20(28)16-7-4-3-5-8-16/h6,9,14,16-17H,2-5,7-8,10-13,15H2,1H3,(H,23,27)(H2,22,24,25). The summed E-state index contributed by atoms with van der Waals surface area (Å²) >= 11 is 0. The second kappa shape index (κ2) is 10.9. The molecule has 29 heavy (non-hydrogen) atoms. The van der Waals surface area contributed by atoms with E-state index in [-0.39, 0.29) is 17.9 Å². The van der Waals surface area contributed by atoms with Crippen LogP contribution in [0.5, 0.6) is 0 Å². The van der Waals surface area contributed by atoms with Crippen molar-refractivity contribution in [3.63, 3.8) is 0 Å². The number of furan rings is 1. The molecule has 0 spiro atoms. The molecule has 0 aromatic carbocycles. The Balaban J connectivity index is 1.42. The maximum atomic E-state index is 12.7.